The van der Waals surface area contributed by atoms with Crippen LogP contribution in [-0.4, -0.2) is 106 Å². The maximum Gasteiger partial charge on any atom is 0.248 e. The van der Waals surface area contributed by atoms with Crippen LogP contribution in [0.4, 0.5) is 5.95 Å². The molecule has 0 aromatic carbocycles. The Bertz CT molecular complexity index is 722. The average Bonchev–Trinajstić information content (AvgIpc) is 3.17. The molecule has 0 saturated carbocycles. The third-order valence-electron chi connectivity index (χ3n) is 6.43. The van der Waals surface area contributed by atoms with Gasteiger partial charge in [0, 0.05) is 58.2 Å². The molecule has 3 aliphatic rings. The summed E-state index contributed by atoms with van der Waals surface area (Å²) in [5.74, 6) is 0.801. The van der Waals surface area contributed by atoms with E-state index in [2.05, 4.69) is 19.8 Å². The van der Waals surface area contributed by atoms with E-state index < -0.39 is 5.54 Å². The molecule has 158 valence electrons. The smallest absolute Gasteiger partial charge is 0.248 e. The van der Waals surface area contributed by atoms with Crippen LogP contribution in [0.1, 0.15) is 25.7 Å². The molecule has 3 saturated heterocycles. The van der Waals surface area contributed by atoms with E-state index in [9.17, 15) is 14.7 Å². The van der Waals surface area contributed by atoms with Gasteiger partial charge in [0.25, 0.3) is 0 Å². The Balaban J connectivity index is 1.36. The Morgan fingerprint density at radius 2 is 1.72 bits per heavy atom. The van der Waals surface area contributed by atoms with Crippen molar-refractivity contribution in [3.63, 3.8) is 0 Å². The molecule has 4 rings (SSSR count). The third-order valence-corrected chi connectivity index (χ3v) is 6.43. The van der Waals surface area contributed by atoms with E-state index in [1.165, 1.54) is 0 Å². The molecule has 1 atom stereocenters. The second kappa shape index (κ2) is 8.62. The topological polar surface area (TPSA) is 93.1 Å². The zero-order valence-corrected chi connectivity index (χ0v) is 16.9. The molecule has 4 heterocycles. The Morgan fingerprint density at radius 3 is 2.41 bits per heavy atom. The number of carbonyl (C=O) groups is 2. The van der Waals surface area contributed by atoms with Gasteiger partial charge >= 0.3 is 0 Å². The number of likely N-dealkylation sites (tertiary alicyclic amines) is 2. The average molecular weight is 402 g/mol. The summed E-state index contributed by atoms with van der Waals surface area (Å²) in [5, 5.41) is 9.27. The number of rotatable bonds is 5. The molecule has 0 radical (unpaired) electrons. The van der Waals surface area contributed by atoms with Crippen molar-refractivity contribution in [2.75, 3.05) is 63.9 Å². The molecule has 0 bridgehead atoms. The summed E-state index contributed by atoms with van der Waals surface area (Å²) < 4.78 is 0. The zero-order chi connectivity index (χ0) is 20.3. The molecule has 0 aliphatic carbocycles. The Hall–Kier alpha value is -2.26. The van der Waals surface area contributed by atoms with Crippen molar-refractivity contribution in [1.29, 1.82) is 0 Å². The predicted molar refractivity (Wildman–Crippen MR) is 107 cm³/mol. The first kappa shape index (κ1) is 20.0. The maximum atomic E-state index is 13.2. The molecule has 1 aromatic heterocycles. The fraction of sp³-hybridized carbons (Fsp3) is 0.700. The number of hydrogen-bond acceptors (Lipinski definition) is 7. The van der Waals surface area contributed by atoms with Crippen LogP contribution in [0.3, 0.4) is 0 Å². The monoisotopic (exact) mass is 402 g/mol. The second-order valence-electron chi connectivity index (χ2n) is 8.11. The van der Waals surface area contributed by atoms with Crippen molar-refractivity contribution in [2.45, 2.75) is 31.2 Å². The van der Waals surface area contributed by atoms with E-state index in [1.807, 2.05) is 4.90 Å². The van der Waals surface area contributed by atoms with Gasteiger partial charge in [-0.1, -0.05) is 0 Å². The van der Waals surface area contributed by atoms with Gasteiger partial charge in [0.1, 0.15) is 5.54 Å². The van der Waals surface area contributed by atoms with Gasteiger partial charge < -0.3 is 19.8 Å². The molecule has 3 fully saturated rings. The number of aliphatic hydroxyl groups excluding tert-OH is 1. The van der Waals surface area contributed by atoms with Crippen LogP contribution in [0, 0.1) is 0 Å². The van der Waals surface area contributed by atoms with E-state index in [0.29, 0.717) is 26.2 Å². The molecule has 1 N–H and O–H groups in total. The largest absolute Gasteiger partial charge is 0.395 e. The lowest BCUT2D eigenvalue weighted by molar-refractivity contribution is -0.156. The van der Waals surface area contributed by atoms with Crippen LogP contribution in [0.15, 0.2) is 18.5 Å². The number of hydrogen-bond donors (Lipinski definition) is 1. The molecular weight excluding hydrogens is 372 g/mol. The predicted octanol–water partition coefficient (Wildman–Crippen LogP) is -0.425. The van der Waals surface area contributed by atoms with E-state index in [-0.39, 0.29) is 18.4 Å². The molecule has 9 heteroatoms. The van der Waals surface area contributed by atoms with Gasteiger partial charge in [-0.05, 0) is 31.7 Å². The standard InChI is InChI=1S/C20H30N6O3/c27-15-14-24-8-1-4-20(18(24)29)5-2-9-26(20)17(28)16-23-10-12-25(13-11-23)19-21-6-3-7-22-19/h3,6-7,27H,1-2,4-5,8-16H2. The van der Waals surface area contributed by atoms with E-state index in [1.54, 1.807) is 23.4 Å². The molecule has 3 aliphatic heterocycles. The number of nitrogens with zero attached hydrogens (tertiary/aromatic N) is 6. The number of piperidine rings is 1. The lowest BCUT2D eigenvalue weighted by Gasteiger charge is -2.45. The quantitative estimate of drug-likeness (QED) is 0.715. The van der Waals surface area contributed by atoms with Gasteiger partial charge in [-0.25, -0.2) is 9.97 Å². The third kappa shape index (κ3) is 3.93. The van der Waals surface area contributed by atoms with Gasteiger partial charge in [0.2, 0.25) is 17.8 Å². The number of carbonyl (C=O) groups excluding carboxylic acids is 2. The van der Waals surface area contributed by atoms with Crippen molar-refractivity contribution in [1.82, 2.24) is 24.7 Å². The van der Waals surface area contributed by atoms with E-state index in [4.69, 9.17) is 0 Å². The molecule has 9 nitrogen and oxygen atoms in total. The highest BCUT2D eigenvalue weighted by molar-refractivity contribution is 5.93. The van der Waals surface area contributed by atoms with Gasteiger partial charge in [0.15, 0.2) is 0 Å². The van der Waals surface area contributed by atoms with Crippen molar-refractivity contribution < 1.29 is 14.7 Å². The fourth-order valence-corrected chi connectivity index (χ4v) is 4.96. The number of aliphatic hydroxyl groups is 1. The molecular formula is C20H30N6O3. The molecule has 1 aromatic rings. The minimum Gasteiger partial charge on any atom is -0.395 e. The summed E-state index contributed by atoms with van der Waals surface area (Å²) in [5.41, 5.74) is -0.690. The van der Waals surface area contributed by atoms with Crippen molar-refractivity contribution in [3.8, 4) is 0 Å². The Morgan fingerprint density at radius 1 is 1.03 bits per heavy atom. The first-order chi connectivity index (χ1) is 14.1. The summed E-state index contributed by atoms with van der Waals surface area (Å²) in [6, 6.07) is 1.80. The number of β-amino-alcohol motifs (C(OH)–C–C–N with tert-alkyl or cyclic N) is 1. The van der Waals surface area contributed by atoms with Crippen molar-refractivity contribution in [3.05, 3.63) is 18.5 Å². The molecule has 1 unspecified atom stereocenters. The summed E-state index contributed by atoms with van der Waals surface area (Å²) in [4.78, 5) is 42.8. The van der Waals surface area contributed by atoms with Crippen LogP contribution in [0.25, 0.3) is 0 Å². The molecule has 1 spiro atoms. The lowest BCUT2D eigenvalue weighted by Crippen LogP contribution is -2.63. The SMILES string of the molecule is O=C(CN1CCN(c2ncccn2)CC1)N1CCCC12CCCN(CCO)C2=O. The van der Waals surface area contributed by atoms with Crippen LogP contribution in [0.2, 0.25) is 0 Å². The number of piperazine rings is 1. The summed E-state index contributed by atoms with van der Waals surface area (Å²) in [7, 11) is 0. The molecule has 2 amide bonds. The fourth-order valence-electron chi connectivity index (χ4n) is 4.96. The van der Waals surface area contributed by atoms with E-state index >= 15 is 0 Å². The maximum absolute atomic E-state index is 13.2. The summed E-state index contributed by atoms with van der Waals surface area (Å²) in [6.45, 7) is 5.10. The normalized spacial score (nSPS) is 25.8. The first-order valence-corrected chi connectivity index (χ1v) is 10.6. The van der Waals surface area contributed by atoms with Gasteiger partial charge in [-0.15, -0.1) is 0 Å². The van der Waals surface area contributed by atoms with Crippen molar-refractivity contribution >= 4 is 17.8 Å². The first-order valence-electron chi connectivity index (χ1n) is 10.6. The number of amides is 2. The molecule has 29 heavy (non-hydrogen) atoms. The minimum atomic E-state index is -0.690. The Kier molecular flexibility index (Phi) is 5.96. The van der Waals surface area contributed by atoms with Gasteiger partial charge in [-0.3, -0.25) is 14.5 Å². The van der Waals surface area contributed by atoms with Crippen molar-refractivity contribution in [2.24, 2.45) is 0 Å². The summed E-state index contributed by atoms with van der Waals surface area (Å²) >= 11 is 0. The number of aromatic nitrogens is 2. The number of anilines is 1. The van der Waals surface area contributed by atoms with Gasteiger partial charge in [-0.2, -0.15) is 0 Å². The highest BCUT2D eigenvalue weighted by atomic mass is 16.3. The van der Waals surface area contributed by atoms with Crippen LogP contribution in [0.5, 0.6) is 0 Å². The van der Waals surface area contributed by atoms with Crippen LogP contribution < -0.4 is 4.90 Å². The minimum absolute atomic E-state index is 0.0229. The highest BCUT2D eigenvalue weighted by Crippen LogP contribution is 2.38. The second-order valence-corrected chi connectivity index (χ2v) is 8.11. The van der Waals surface area contributed by atoms with Crippen LogP contribution >= 0.6 is 0 Å². The summed E-state index contributed by atoms with van der Waals surface area (Å²) in [6.07, 6.45) is 6.70. The lowest BCUT2D eigenvalue weighted by atomic mass is 9.85. The highest BCUT2D eigenvalue weighted by Gasteiger charge is 2.52. The Labute approximate surface area is 171 Å². The van der Waals surface area contributed by atoms with E-state index in [0.717, 1.165) is 57.8 Å². The van der Waals surface area contributed by atoms with Crippen LogP contribution in [-0.2, 0) is 9.59 Å². The van der Waals surface area contributed by atoms with Gasteiger partial charge in [0.05, 0.1) is 13.2 Å². The zero-order valence-electron chi connectivity index (χ0n) is 16.9.